The molecule has 1 N–H and O–H groups in total. The molecular weight excluding hydrogens is 190 g/mol. The fourth-order valence-corrected chi connectivity index (χ4v) is 2.33. The summed E-state index contributed by atoms with van der Waals surface area (Å²) in [6, 6.07) is 0. The maximum atomic E-state index is 10.9. The molecule has 1 fully saturated rings. The Morgan fingerprint density at radius 1 is 1.47 bits per heavy atom. The molecule has 0 saturated carbocycles. The van der Waals surface area contributed by atoms with Gasteiger partial charge in [-0.1, -0.05) is 26.7 Å². The largest absolute Gasteiger partial charge is 0.481 e. The zero-order valence-corrected chi connectivity index (χ0v) is 9.91. The number of rotatable bonds is 5. The predicted octanol–water partition coefficient (Wildman–Crippen LogP) is 2.22. The summed E-state index contributed by atoms with van der Waals surface area (Å²) in [6.45, 7) is 7.35. The maximum Gasteiger partial charge on any atom is 0.307 e. The van der Waals surface area contributed by atoms with Crippen molar-refractivity contribution in [1.29, 1.82) is 0 Å². The Kier molecular flexibility index (Phi) is 5.09. The van der Waals surface area contributed by atoms with Crippen molar-refractivity contribution < 1.29 is 9.90 Å². The van der Waals surface area contributed by atoms with E-state index < -0.39 is 5.97 Å². The smallest absolute Gasteiger partial charge is 0.307 e. The minimum Gasteiger partial charge on any atom is -0.481 e. The van der Waals surface area contributed by atoms with Gasteiger partial charge in [0.1, 0.15) is 0 Å². The highest BCUT2D eigenvalue weighted by atomic mass is 16.4. The lowest BCUT2D eigenvalue weighted by Crippen LogP contribution is -2.40. The van der Waals surface area contributed by atoms with Gasteiger partial charge < -0.3 is 10.0 Å². The fourth-order valence-electron chi connectivity index (χ4n) is 2.33. The van der Waals surface area contributed by atoms with Gasteiger partial charge in [-0.05, 0) is 25.3 Å². The number of carboxylic acids is 1. The molecule has 0 aromatic heterocycles. The van der Waals surface area contributed by atoms with Crippen LogP contribution < -0.4 is 0 Å². The third kappa shape index (κ3) is 3.82. The molecule has 0 spiro atoms. The average molecular weight is 213 g/mol. The second-order valence-electron chi connectivity index (χ2n) is 4.62. The molecule has 0 amide bonds. The average Bonchev–Trinajstić information content (AvgIpc) is 2.26. The molecule has 15 heavy (non-hydrogen) atoms. The predicted molar refractivity (Wildman–Crippen MR) is 60.9 cm³/mol. The van der Waals surface area contributed by atoms with Crippen molar-refractivity contribution >= 4 is 5.97 Å². The standard InChI is InChI=1S/C12H23NO2/c1-3-10(4-2)8-13-7-5-6-11(9-13)12(14)15/h10-11H,3-9H2,1-2H3,(H,14,15)/t11-/m1/s1. The van der Waals surface area contributed by atoms with E-state index in [1.54, 1.807) is 0 Å². The molecule has 0 unspecified atom stereocenters. The van der Waals surface area contributed by atoms with Gasteiger partial charge in [0, 0.05) is 13.1 Å². The van der Waals surface area contributed by atoms with Crippen LogP contribution in [0.2, 0.25) is 0 Å². The zero-order valence-electron chi connectivity index (χ0n) is 9.91. The lowest BCUT2D eigenvalue weighted by Gasteiger charge is -2.32. The van der Waals surface area contributed by atoms with Crippen LogP contribution >= 0.6 is 0 Å². The van der Waals surface area contributed by atoms with Gasteiger partial charge in [0.2, 0.25) is 0 Å². The number of piperidine rings is 1. The van der Waals surface area contributed by atoms with Gasteiger partial charge in [0.15, 0.2) is 0 Å². The summed E-state index contributed by atoms with van der Waals surface area (Å²) < 4.78 is 0. The SMILES string of the molecule is CCC(CC)CN1CCC[C@@H](C(=O)O)C1. The van der Waals surface area contributed by atoms with Gasteiger partial charge in [-0.2, -0.15) is 0 Å². The van der Waals surface area contributed by atoms with Crippen LogP contribution in [0, 0.1) is 11.8 Å². The molecule has 0 aromatic carbocycles. The summed E-state index contributed by atoms with van der Waals surface area (Å²) in [7, 11) is 0. The maximum absolute atomic E-state index is 10.9. The molecule has 1 aliphatic rings. The van der Waals surface area contributed by atoms with Crippen molar-refractivity contribution in [2.75, 3.05) is 19.6 Å². The van der Waals surface area contributed by atoms with E-state index in [0.717, 1.165) is 38.4 Å². The van der Waals surface area contributed by atoms with Crippen molar-refractivity contribution in [3.05, 3.63) is 0 Å². The summed E-state index contributed by atoms with van der Waals surface area (Å²) in [5.74, 6) is -0.0186. The molecule has 1 rings (SSSR count). The Hall–Kier alpha value is -0.570. The fraction of sp³-hybridized carbons (Fsp3) is 0.917. The van der Waals surface area contributed by atoms with E-state index in [-0.39, 0.29) is 5.92 Å². The van der Waals surface area contributed by atoms with Crippen LogP contribution in [0.4, 0.5) is 0 Å². The van der Waals surface area contributed by atoms with Crippen molar-refractivity contribution in [1.82, 2.24) is 4.90 Å². The van der Waals surface area contributed by atoms with Crippen molar-refractivity contribution in [3.63, 3.8) is 0 Å². The number of nitrogens with zero attached hydrogens (tertiary/aromatic N) is 1. The number of hydrogen-bond acceptors (Lipinski definition) is 2. The number of hydrogen-bond donors (Lipinski definition) is 1. The Morgan fingerprint density at radius 3 is 2.67 bits per heavy atom. The second kappa shape index (κ2) is 6.11. The lowest BCUT2D eigenvalue weighted by atomic mass is 9.96. The van der Waals surface area contributed by atoms with Gasteiger partial charge in [0.05, 0.1) is 5.92 Å². The van der Waals surface area contributed by atoms with Crippen LogP contribution in [0.1, 0.15) is 39.5 Å². The third-order valence-electron chi connectivity index (χ3n) is 3.53. The normalized spacial score (nSPS) is 23.3. The van der Waals surface area contributed by atoms with E-state index >= 15 is 0 Å². The van der Waals surface area contributed by atoms with E-state index in [9.17, 15) is 4.79 Å². The Bertz CT molecular complexity index is 202. The molecular formula is C12H23NO2. The first-order valence-corrected chi connectivity index (χ1v) is 6.12. The minimum atomic E-state index is -0.621. The molecule has 1 aliphatic heterocycles. The van der Waals surface area contributed by atoms with Crippen LogP contribution in [0.15, 0.2) is 0 Å². The van der Waals surface area contributed by atoms with Crippen LogP contribution in [-0.4, -0.2) is 35.6 Å². The lowest BCUT2D eigenvalue weighted by molar-refractivity contribution is -0.143. The molecule has 1 atom stereocenters. The summed E-state index contributed by atoms with van der Waals surface area (Å²) in [5.41, 5.74) is 0. The monoisotopic (exact) mass is 213 g/mol. The van der Waals surface area contributed by atoms with Gasteiger partial charge in [-0.25, -0.2) is 0 Å². The molecule has 0 aliphatic carbocycles. The van der Waals surface area contributed by atoms with Crippen molar-refractivity contribution in [2.24, 2.45) is 11.8 Å². The number of carbonyl (C=O) groups is 1. The first-order valence-electron chi connectivity index (χ1n) is 6.12. The van der Waals surface area contributed by atoms with Gasteiger partial charge in [-0.15, -0.1) is 0 Å². The molecule has 0 radical (unpaired) electrons. The van der Waals surface area contributed by atoms with E-state index in [4.69, 9.17) is 5.11 Å². The minimum absolute atomic E-state index is 0.131. The number of likely N-dealkylation sites (tertiary alicyclic amines) is 1. The summed E-state index contributed by atoms with van der Waals surface area (Å²) in [4.78, 5) is 13.2. The van der Waals surface area contributed by atoms with Crippen LogP contribution in [0.5, 0.6) is 0 Å². The molecule has 3 nitrogen and oxygen atoms in total. The van der Waals surface area contributed by atoms with E-state index in [1.807, 2.05) is 0 Å². The first kappa shape index (κ1) is 12.5. The molecule has 88 valence electrons. The number of aliphatic carboxylic acids is 1. The molecule has 3 heteroatoms. The van der Waals surface area contributed by atoms with Crippen LogP contribution in [0.25, 0.3) is 0 Å². The highest BCUT2D eigenvalue weighted by molar-refractivity contribution is 5.70. The molecule has 0 aromatic rings. The summed E-state index contributed by atoms with van der Waals surface area (Å²) >= 11 is 0. The van der Waals surface area contributed by atoms with Gasteiger partial charge >= 0.3 is 5.97 Å². The van der Waals surface area contributed by atoms with E-state index in [2.05, 4.69) is 18.7 Å². The summed E-state index contributed by atoms with van der Waals surface area (Å²) in [5, 5.41) is 8.98. The zero-order chi connectivity index (χ0) is 11.3. The Labute approximate surface area is 92.5 Å². The van der Waals surface area contributed by atoms with E-state index in [0.29, 0.717) is 0 Å². The molecule has 1 saturated heterocycles. The van der Waals surface area contributed by atoms with Crippen LogP contribution in [0.3, 0.4) is 0 Å². The third-order valence-corrected chi connectivity index (χ3v) is 3.53. The second-order valence-corrected chi connectivity index (χ2v) is 4.62. The van der Waals surface area contributed by atoms with E-state index in [1.165, 1.54) is 12.8 Å². The Balaban J connectivity index is 2.38. The number of carboxylic acid groups (broad SMARTS) is 1. The quantitative estimate of drug-likeness (QED) is 0.761. The van der Waals surface area contributed by atoms with Crippen LogP contribution in [-0.2, 0) is 4.79 Å². The van der Waals surface area contributed by atoms with Crippen molar-refractivity contribution in [3.8, 4) is 0 Å². The Morgan fingerprint density at radius 2 is 2.13 bits per heavy atom. The molecule has 0 bridgehead atoms. The van der Waals surface area contributed by atoms with Crippen molar-refractivity contribution in [2.45, 2.75) is 39.5 Å². The van der Waals surface area contributed by atoms with Gasteiger partial charge in [-0.3, -0.25) is 4.79 Å². The van der Waals surface area contributed by atoms with Gasteiger partial charge in [0.25, 0.3) is 0 Å². The first-order chi connectivity index (χ1) is 7.17. The topological polar surface area (TPSA) is 40.5 Å². The highest BCUT2D eigenvalue weighted by Crippen LogP contribution is 2.19. The highest BCUT2D eigenvalue weighted by Gasteiger charge is 2.25. The molecule has 1 heterocycles. The summed E-state index contributed by atoms with van der Waals surface area (Å²) in [6.07, 6.45) is 4.29.